The first-order chi connectivity index (χ1) is 9.83. The fourth-order valence-electron chi connectivity index (χ4n) is 3.13. The Labute approximate surface area is 118 Å². The molecule has 2 heterocycles. The van der Waals surface area contributed by atoms with Gasteiger partial charge in [-0.15, -0.1) is 0 Å². The molecule has 0 bridgehead atoms. The molecule has 0 atom stereocenters. The van der Waals surface area contributed by atoms with Crippen molar-refractivity contribution in [2.75, 3.05) is 25.6 Å². The summed E-state index contributed by atoms with van der Waals surface area (Å²) >= 11 is 0. The Morgan fingerprint density at radius 1 is 1.30 bits per heavy atom. The fourth-order valence-corrected chi connectivity index (χ4v) is 3.13. The highest BCUT2D eigenvalue weighted by molar-refractivity contribution is 5.81. The largest absolute Gasteiger partial charge is 0.385 e. The smallest absolute Gasteiger partial charge is 0.182 e. The zero-order valence-electron chi connectivity index (χ0n) is 11.9. The Kier molecular flexibility index (Phi) is 3.82. The van der Waals surface area contributed by atoms with Crippen molar-refractivity contribution in [2.24, 2.45) is 5.41 Å². The van der Waals surface area contributed by atoms with Gasteiger partial charge in [0.1, 0.15) is 11.8 Å². The number of rotatable bonds is 6. The molecule has 1 saturated carbocycles. The van der Waals surface area contributed by atoms with E-state index in [1.165, 1.54) is 25.7 Å². The van der Waals surface area contributed by atoms with Crippen LogP contribution >= 0.6 is 0 Å². The lowest BCUT2D eigenvalue weighted by atomic mass is 9.83. The Hall–Kier alpha value is -1.69. The van der Waals surface area contributed by atoms with Crippen molar-refractivity contribution >= 4 is 17.0 Å². The van der Waals surface area contributed by atoms with Gasteiger partial charge in [-0.2, -0.15) is 0 Å². The second-order valence-electron chi connectivity index (χ2n) is 5.63. The van der Waals surface area contributed by atoms with Crippen LogP contribution in [0, 0.1) is 5.41 Å². The zero-order valence-corrected chi connectivity index (χ0v) is 11.9. The summed E-state index contributed by atoms with van der Waals surface area (Å²) in [6.07, 6.45) is 9.47. The van der Waals surface area contributed by atoms with Gasteiger partial charge in [0, 0.05) is 20.3 Å². The van der Waals surface area contributed by atoms with E-state index in [1.54, 1.807) is 19.8 Å². The van der Waals surface area contributed by atoms with Crippen molar-refractivity contribution in [3.8, 4) is 0 Å². The highest BCUT2D eigenvalue weighted by atomic mass is 16.5. The molecule has 2 aromatic heterocycles. The summed E-state index contributed by atoms with van der Waals surface area (Å²) in [5.41, 5.74) is 1.93. The van der Waals surface area contributed by atoms with Crippen molar-refractivity contribution in [1.82, 2.24) is 19.9 Å². The zero-order chi connectivity index (χ0) is 13.8. The average Bonchev–Trinajstić information content (AvgIpc) is 3.13. The van der Waals surface area contributed by atoms with Crippen LogP contribution in [-0.4, -0.2) is 40.2 Å². The lowest BCUT2D eigenvalue weighted by molar-refractivity contribution is 0.143. The summed E-state index contributed by atoms with van der Waals surface area (Å²) in [6, 6.07) is 0. The van der Waals surface area contributed by atoms with Gasteiger partial charge in [-0.05, 0) is 24.7 Å². The number of methoxy groups -OCH3 is 1. The molecule has 2 N–H and O–H groups in total. The van der Waals surface area contributed by atoms with Gasteiger partial charge in [-0.3, -0.25) is 0 Å². The quantitative estimate of drug-likeness (QED) is 0.846. The van der Waals surface area contributed by atoms with E-state index in [4.69, 9.17) is 4.74 Å². The van der Waals surface area contributed by atoms with Crippen LogP contribution in [0.25, 0.3) is 11.2 Å². The minimum absolute atomic E-state index is 0.341. The Bertz CT molecular complexity index is 561. The molecule has 1 aliphatic rings. The Balaban J connectivity index is 1.72. The van der Waals surface area contributed by atoms with Crippen LogP contribution in [0.4, 0.5) is 5.82 Å². The van der Waals surface area contributed by atoms with Gasteiger partial charge < -0.3 is 15.0 Å². The molecule has 0 saturated heterocycles. The van der Waals surface area contributed by atoms with Crippen molar-refractivity contribution in [3.63, 3.8) is 0 Å². The van der Waals surface area contributed by atoms with Crippen LogP contribution in [0.5, 0.6) is 0 Å². The second-order valence-corrected chi connectivity index (χ2v) is 5.63. The maximum Gasteiger partial charge on any atom is 0.182 e. The molecule has 3 rings (SSSR count). The van der Waals surface area contributed by atoms with E-state index in [0.717, 1.165) is 30.9 Å². The third kappa shape index (κ3) is 2.60. The second kappa shape index (κ2) is 5.75. The molecule has 6 nitrogen and oxygen atoms in total. The number of nitrogens with one attached hydrogen (secondary N) is 2. The van der Waals surface area contributed by atoms with Gasteiger partial charge in [0.15, 0.2) is 11.5 Å². The van der Waals surface area contributed by atoms with Gasteiger partial charge in [0.2, 0.25) is 0 Å². The molecule has 0 amide bonds. The molecule has 108 valence electrons. The van der Waals surface area contributed by atoms with Crippen LogP contribution < -0.4 is 5.32 Å². The number of aromatic amines is 1. The van der Waals surface area contributed by atoms with Crippen LogP contribution in [0.1, 0.15) is 32.1 Å². The Morgan fingerprint density at radius 3 is 2.95 bits per heavy atom. The minimum atomic E-state index is 0.341. The Morgan fingerprint density at radius 2 is 2.15 bits per heavy atom. The summed E-state index contributed by atoms with van der Waals surface area (Å²) in [5, 5.41) is 3.49. The number of nitrogens with zero attached hydrogens (tertiary/aromatic N) is 3. The van der Waals surface area contributed by atoms with Crippen LogP contribution in [0.3, 0.4) is 0 Å². The molecular weight excluding hydrogens is 254 g/mol. The standard InChI is InChI=1S/C14H21N5O/c1-20-7-6-14(4-2-3-5-14)8-15-12-11-13(17-9-16-11)19-10-18-12/h9-10H,2-8H2,1H3,(H2,15,16,17,18,19). The number of aromatic nitrogens is 4. The number of ether oxygens (including phenoxy) is 1. The third-order valence-electron chi connectivity index (χ3n) is 4.35. The summed E-state index contributed by atoms with van der Waals surface area (Å²) in [7, 11) is 1.77. The van der Waals surface area contributed by atoms with Gasteiger partial charge >= 0.3 is 0 Å². The number of fused-ring (bicyclic) bond motifs is 1. The lowest BCUT2D eigenvalue weighted by Crippen LogP contribution is -2.28. The lowest BCUT2D eigenvalue weighted by Gasteiger charge is -2.29. The number of imidazole rings is 1. The van der Waals surface area contributed by atoms with E-state index < -0.39 is 0 Å². The molecule has 20 heavy (non-hydrogen) atoms. The van der Waals surface area contributed by atoms with E-state index in [2.05, 4.69) is 25.3 Å². The van der Waals surface area contributed by atoms with E-state index in [-0.39, 0.29) is 0 Å². The van der Waals surface area contributed by atoms with Crippen LogP contribution in [-0.2, 0) is 4.74 Å². The SMILES string of the molecule is COCCC1(CNc2ncnc3nc[nH]c23)CCCC1. The molecular formula is C14H21N5O. The van der Waals surface area contributed by atoms with Gasteiger partial charge in [0.05, 0.1) is 6.33 Å². The summed E-state index contributed by atoms with van der Waals surface area (Å²) in [4.78, 5) is 15.7. The molecule has 0 aromatic carbocycles. The first kappa shape index (κ1) is 13.3. The van der Waals surface area contributed by atoms with Crippen molar-refractivity contribution in [1.29, 1.82) is 0 Å². The molecule has 0 aliphatic heterocycles. The third-order valence-corrected chi connectivity index (χ3v) is 4.35. The van der Waals surface area contributed by atoms with Crippen molar-refractivity contribution < 1.29 is 4.74 Å². The van der Waals surface area contributed by atoms with Gasteiger partial charge in [-0.25, -0.2) is 15.0 Å². The van der Waals surface area contributed by atoms with Crippen LogP contribution in [0.2, 0.25) is 0 Å². The summed E-state index contributed by atoms with van der Waals surface area (Å²) < 4.78 is 5.27. The highest BCUT2D eigenvalue weighted by Gasteiger charge is 2.33. The molecule has 1 fully saturated rings. The maximum atomic E-state index is 5.27. The highest BCUT2D eigenvalue weighted by Crippen LogP contribution is 2.41. The summed E-state index contributed by atoms with van der Waals surface area (Å²) in [5.74, 6) is 0.844. The van der Waals surface area contributed by atoms with E-state index >= 15 is 0 Å². The van der Waals surface area contributed by atoms with Gasteiger partial charge in [0.25, 0.3) is 0 Å². The molecule has 1 aliphatic carbocycles. The monoisotopic (exact) mass is 275 g/mol. The van der Waals surface area contributed by atoms with Gasteiger partial charge in [-0.1, -0.05) is 12.8 Å². The predicted octanol–water partition coefficient (Wildman–Crippen LogP) is 2.36. The average molecular weight is 275 g/mol. The number of hydrogen-bond acceptors (Lipinski definition) is 5. The maximum absolute atomic E-state index is 5.27. The molecule has 2 aromatic rings. The number of hydrogen-bond donors (Lipinski definition) is 2. The molecule has 6 heteroatoms. The first-order valence-corrected chi connectivity index (χ1v) is 7.20. The number of H-pyrrole nitrogens is 1. The van der Waals surface area contributed by atoms with Crippen molar-refractivity contribution in [2.45, 2.75) is 32.1 Å². The summed E-state index contributed by atoms with van der Waals surface area (Å²) in [6.45, 7) is 1.76. The predicted molar refractivity (Wildman–Crippen MR) is 77.6 cm³/mol. The molecule has 0 unspecified atom stereocenters. The minimum Gasteiger partial charge on any atom is -0.385 e. The van der Waals surface area contributed by atoms with Crippen molar-refractivity contribution in [3.05, 3.63) is 12.7 Å². The normalized spacial score (nSPS) is 17.6. The van der Waals surface area contributed by atoms with E-state index in [9.17, 15) is 0 Å². The van der Waals surface area contributed by atoms with E-state index in [1.807, 2.05) is 0 Å². The molecule has 0 radical (unpaired) electrons. The fraction of sp³-hybridized carbons (Fsp3) is 0.643. The number of anilines is 1. The van der Waals surface area contributed by atoms with Crippen LogP contribution in [0.15, 0.2) is 12.7 Å². The topological polar surface area (TPSA) is 75.7 Å². The molecule has 0 spiro atoms. The van der Waals surface area contributed by atoms with E-state index in [0.29, 0.717) is 11.1 Å². The first-order valence-electron chi connectivity index (χ1n) is 7.20.